The van der Waals surface area contributed by atoms with Crippen LogP contribution in [0.15, 0.2) is 42.5 Å². The number of nitrogens with one attached hydrogen (secondary N) is 2. The van der Waals surface area contributed by atoms with E-state index in [1.54, 1.807) is 0 Å². The van der Waals surface area contributed by atoms with Gasteiger partial charge < -0.3 is 10.6 Å². The zero-order valence-electron chi connectivity index (χ0n) is 15.1. The fraction of sp³-hybridized carbons (Fsp3) is 0.400. The normalized spacial score (nSPS) is 24.6. The number of hydrogen-bond donors (Lipinski definition) is 2. The molecule has 1 aliphatic heterocycles. The van der Waals surface area contributed by atoms with Crippen LogP contribution in [0.5, 0.6) is 0 Å². The summed E-state index contributed by atoms with van der Waals surface area (Å²) in [4.78, 5) is 4.47. The Hall–Kier alpha value is -2.61. The smallest absolute Gasteiger partial charge is 0.350 e. The first-order chi connectivity index (χ1) is 13.5. The van der Waals surface area contributed by atoms with Crippen molar-refractivity contribution in [1.82, 2.24) is 19.9 Å². The van der Waals surface area contributed by atoms with Crippen LogP contribution in [0, 0.1) is 11.8 Å². The molecular weight excluding hydrogens is 367 g/mol. The highest BCUT2D eigenvalue weighted by molar-refractivity contribution is 5.78. The minimum atomic E-state index is -4.51. The van der Waals surface area contributed by atoms with Crippen LogP contribution in [-0.4, -0.2) is 33.7 Å². The average Bonchev–Trinajstić information content (AvgIpc) is 3.17. The number of rotatable bonds is 3. The van der Waals surface area contributed by atoms with Crippen molar-refractivity contribution >= 4 is 11.6 Å². The molecule has 2 fully saturated rings. The molecule has 1 aromatic carbocycles. The highest BCUT2D eigenvalue weighted by Crippen LogP contribution is 2.37. The minimum absolute atomic E-state index is 0.202. The molecule has 5 rings (SSSR count). The molecule has 0 amide bonds. The molecule has 1 saturated carbocycles. The number of nitrogens with zero attached hydrogens (tertiary/aromatic N) is 3. The fourth-order valence-electron chi connectivity index (χ4n) is 4.55. The molecule has 2 N–H and O–H groups in total. The molecule has 146 valence electrons. The number of anilines is 1. The topological polar surface area (TPSA) is 54.2 Å². The minimum Gasteiger partial charge on any atom is -0.350 e. The Morgan fingerprint density at radius 1 is 1.00 bits per heavy atom. The molecule has 3 atom stereocenters. The van der Waals surface area contributed by atoms with Crippen molar-refractivity contribution in [3.05, 3.63) is 48.2 Å². The van der Waals surface area contributed by atoms with E-state index in [0.717, 1.165) is 42.1 Å². The quantitative estimate of drug-likeness (QED) is 0.717. The Morgan fingerprint density at radius 2 is 1.71 bits per heavy atom. The number of fused-ring (bicyclic) bond motifs is 3. The van der Waals surface area contributed by atoms with Crippen LogP contribution in [-0.2, 0) is 6.18 Å². The molecule has 3 aromatic rings. The molecule has 2 bridgehead atoms. The Morgan fingerprint density at radius 3 is 2.39 bits per heavy atom. The zero-order valence-corrected chi connectivity index (χ0v) is 15.1. The fourth-order valence-corrected chi connectivity index (χ4v) is 4.55. The van der Waals surface area contributed by atoms with Crippen LogP contribution in [0.2, 0.25) is 0 Å². The lowest BCUT2D eigenvalue weighted by atomic mass is 9.94. The van der Waals surface area contributed by atoms with Crippen molar-refractivity contribution in [1.29, 1.82) is 0 Å². The summed E-state index contributed by atoms with van der Waals surface area (Å²) in [5.41, 5.74) is 0.824. The molecule has 3 heterocycles. The van der Waals surface area contributed by atoms with Gasteiger partial charge >= 0.3 is 6.18 Å². The maximum Gasteiger partial charge on any atom is 0.433 e. The van der Waals surface area contributed by atoms with Crippen molar-refractivity contribution in [2.45, 2.75) is 25.1 Å². The van der Waals surface area contributed by atoms with Crippen molar-refractivity contribution in [3.63, 3.8) is 0 Å². The second kappa shape index (κ2) is 6.48. The number of piperidine rings is 1. The van der Waals surface area contributed by atoms with Crippen LogP contribution >= 0.6 is 0 Å². The van der Waals surface area contributed by atoms with Crippen molar-refractivity contribution in [2.75, 3.05) is 18.4 Å². The van der Waals surface area contributed by atoms with Crippen LogP contribution in [0.4, 0.5) is 19.1 Å². The first-order valence-corrected chi connectivity index (χ1v) is 9.50. The molecule has 8 heteroatoms. The Bertz CT molecular complexity index is 982. The van der Waals surface area contributed by atoms with Crippen molar-refractivity contribution < 1.29 is 13.2 Å². The van der Waals surface area contributed by atoms with Gasteiger partial charge in [-0.25, -0.2) is 4.52 Å². The second-order valence-corrected chi connectivity index (χ2v) is 7.59. The van der Waals surface area contributed by atoms with E-state index in [-0.39, 0.29) is 17.6 Å². The van der Waals surface area contributed by atoms with Gasteiger partial charge in [-0.1, -0.05) is 30.3 Å². The summed E-state index contributed by atoms with van der Waals surface area (Å²) in [6.45, 7) is 1.84. The molecule has 2 aliphatic rings. The number of halogens is 3. The van der Waals surface area contributed by atoms with E-state index >= 15 is 0 Å². The van der Waals surface area contributed by atoms with E-state index < -0.39 is 11.9 Å². The number of hydrogen-bond acceptors (Lipinski definition) is 4. The highest BCUT2D eigenvalue weighted by atomic mass is 19.4. The van der Waals surface area contributed by atoms with Crippen LogP contribution in [0.25, 0.3) is 16.8 Å². The number of aromatic nitrogens is 3. The standard InChI is InChI=1S/C20H20F3N5/c21-20(22,23)16-9-8-15(12-4-2-1-3-5-12)18-26-19(27-28(16)18)25-17-13-6-7-14(17)11-24-10-13/h1-5,8-9,13-14,17,24H,6-7,10-11H2,(H,25,27)/t13-,14+,17?. The number of alkyl halides is 3. The van der Waals surface area contributed by atoms with Crippen LogP contribution in [0.3, 0.4) is 0 Å². The second-order valence-electron chi connectivity index (χ2n) is 7.59. The molecule has 28 heavy (non-hydrogen) atoms. The van der Waals surface area contributed by atoms with E-state index in [9.17, 15) is 13.2 Å². The van der Waals surface area contributed by atoms with Gasteiger partial charge in [0.1, 0.15) is 5.69 Å². The van der Waals surface area contributed by atoms with Gasteiger partial charge in [-0.05, 0) is 55.5 Å². The summed E-state index contributed by atoms with van der Waals surface area (Å²) in [7, 11) is 0. The van der Waals surface area contributed by atoms with Gasteiger partial charge in [-0.2, -0.15) is 18.2 Å². The first-order valence-electron chi connectivity index (χ1n) is 9.50. The third-order valence-electron chi connectivity index (χ3n) is 5.89. The molecule has 1 aliphatic carbocycles. The third kappa shape index (κ3) is 2.92. The lowest BCUT2D eigenvalue weighted by Crippen LogP contribution is -2.45. The average molecular weight is 387 g/mol. The number of benzene rings is 1. The van der Waals surface area contributed by atoms with Crippen LogP contribution in [0.1, 0.15) is 18.5 Å². The summed E-state index contributed by atoms with van der Waals surface area (Å²) >= 11 is 0. The van der Waals surface area contributed by atoms with E-state index in [2.05, 4.69) is 20.7 Å². The molecule has 1 saturated heterocycles. The summed E-state index contributed by atoms with van der Waals surface area (Å²) in [6.07, 6.45) is -2.27. The molecule has 0 spiro atoms. The van der Waals surface area contributed by atoms with Gasteiger partial charge in [0, 0.05) is 11.6 Å². The Balaban J connectivity index is 1.60. The molecule has 2 aromatic heterocycles. The zero-order chi connectivity index (χ0) is 19.3. The van der Waals surface area contributed by atoms with Gasteiger partial charge in [0.25, 0.3) is 0 Å². The van der Waals surface area contributed by atoms with Gasteiger partial charge in [0.2, 0.25) is 5.95 Å². The van der Waals surface area contributed by atoms with Gasteiger partial charge in [0.05, 0.1) is 0 Å². The first kappa shape index (κ1) is 17.5. The lowest BCUT2D eigenvalue weighted by Gasteiger charge is -2.30. The van der Waals surface area contributed by atoms with Gasteiger partial charge in [-0.15, -0.1) is 5.10 Å². The van der Waals surface area contributed by atoms with E-state index in [4.69, 9.17) is 0 Å². The highest BCUT2D eigenvalue weighted by Gasteiger charge is 2.40. The lowest BCUT2D eigenvalue weighted by molar-refractivity contribution is -0.142. The largest absolute Gasteiger partial charge is 0.433 e. The predicted octanol–water partition coefficient (Wildman–Crippen LogP) is 3.83. The molecule has 0 radical (unpaired) electrons. The van der Waals surface area contributed by atoms with E-state index in [1.807, 2.05) is 30.3 Å². The summed E-state index contributed by atoms with van der Waals surface area (Å²) < 4.78 is 41.5. The van der Waals surface area contributed by atoms with Gasteiger partial charge in [0.15, 0.2) is 5.65 Å². The Labute approximate surface area is 160 Å². The maximum absolute atomic E-state index is 13.5. The number of pyridine rings is 1. The summed E-state index contributed by atoms with van der Waals surface area (Å²) in [5, 5.41) is 11.0. The van der Waals surface area contributed by atoms with Crippen LogP contribution < -0.4 is 10.6 Å². The maximum atomic E-state index is 13.5. The molecular formula is C20H20F3N5. The Kier molecular flexibility index (Phi) is 4.04. The van der Waals surface area contributed by atoms with E-state index in [0.29, 0.717) is 17.4 Å². The summed E-state index contributed by atoms with van der Waals surface area (Å²) in [6, 6.07) is 12.0. The predicted molar refractivity (Wildman–Crippen MR) is 99.9 cm³/mol. The monoisotopic (exact) mass is 387 g/mol. The molecule has 1 unspecified atom stereocenters. The SMILES string of the molecule is FC(F)(F)c1ccc(-c2ccccc2)c2nc(NC3[C@@H]4CC[C@H]3CNC4)nn12. The van der Waals surface area contributed by atoms with E-state index in [1.165, 1.54) is 6.07 Å². The molecule has 5 nitrogen and oxygen atoms in total. The van der Waals surface area contributed by atoms with Crippen molar-refractivity contribution in [3.8, 4) is 11.1 Å². The van der Waals surface area contributed by atoms with Crippen molar-refractivity contribution in [2.24, 2.45) is 11.8 Å². The third-order valence-corrected chi connectivity index (χ3v) is 5.89. The van der Waals surface area contributed by atoms with Gasteiger partial charge in [-0.3, -0.25) is 0 Å². The summed E-state index contributed by atoms with van der Waals surface area (Å²) in [5.74, 6) is 1.18.